The van der Waals surface area contributed by atoms with Gasteiger partial charge in [0.15, 0.2) is 11.2 Å². The van der Waals surface area contributed by atoms with Crippen LogP contribution in [0.2, 0.25) is 0 Å². The lowest BCUT2D eigenvalue weighted by atomic mass is 9.98. The Balaban J connectivity index is 1.53. The zero-order chi connectivity index (χ0) is 17.4. The molecule has 0 saturated heterocycles. The second kappa shape index (κ2) is 6.29. The van der Waals surface area contributed by atoms with E-state index in [1.807, 2.05) is 24.3 Å². The Morgan fingerprint density at radius 3 is 3.00 bits per heavy atom. The van der Waals surface area contributed by atoms with Crippen molar-refractivity contribution in [2.75, 3.05) is 5.32 Å². The zero-order valence-electron chi connectivity index (χ0n) is 13.6. The molecule has 2 aromatic carbocycles. The third kappa shape index (κ3) is 3.00. The molecule has 6 heteroatoms. The van der Waals surface area contributed by atoms with Crippen LogP contribution in [0.4, 0.5) is 5.13 Å². The molecule has 0 spiro atoms. The molecule has 0 unspecified atom stereocenters. The molecule has 0 radical (unpaired) electrons. The summed E-state index contributed by atoms with van der Waals surface area (Å²) in [5, 5.41) is 3.30. The molecule has 4 rings (SSSR count). The third-order valence-electron chi connectivity index (χ3n) is 4.28. The Morgan fingerprint density at radius 1 is 1.32 bits per heavy atom. The van der Waals surface area contributed by atoms with Crippen molar-refractivity contribution >= 4 is 38.6 Å². The number of carbonyl (C=O) groups excluding carboxylic acids is 2. The first-order valence-corrected chi connectivity index (χ1v) is 8.95. The Kier molecular flexibility index (Phi) is 3.97. The molecule has 1 aromatic heterocycles. The number of nitrogens with one attached hydrogen (secondary N) is 1. The van der Waals surface area contributed by atoms with E-state index in [1.54, 1.807) is 12.1 Å². The fourth-order valence-corrected chi connectivity index (χ4v) is 3.84. The van der Waals surface area contributed by atoms with E-state index in [1.165, 1.54) is 16.9 Å². The first-order chi connectivity index (χ1) is 12.1. The first kappa shape index (κ1) is 15.8. The lowest BCUT2D eigenvalue weighted by Gasteiger charge is -2.23. The van der Waals surface area contributed by atoms with Gasteiger partial charge in [0.1, 0.15) is 0 Å². The first-order valence-electron chi connectivity index (χ1n) is 8.13. The Bertz CT molecular complexity index is 980. The van der Waals surface area contributed by atoms with E-state index in [-0.39, 0.29) is 5.91 Å². The van der Waals surface area contributed by atoms with Crippen LogP contribution in [0.15, 0.2) is 42.5 Å². The summed E-state index contributed by atoms with van der Waals surface area (Å²) >= 11 is 1.42. The van der Waals surface area contributed by atoms with Gasteiger partial charge in [-0.25, -0.2) is 9.78 Å². The van der Waals surface area contributed by atoms with Crippen molar-refractivity contribution in [1.29, 1.82) is 0 Å². The molecule has 3 aromatic rings. The topological polar surface area (TPSA) is 68.3 Å². The number of hydrogen-bond donors (Lipinski definition) is 1. The average molecular weight is 352 g/mol. The number of rotatable bonds is 3. The largest absolute Gasteiger partial charge is 0.448 e. The average Bonchev–Trinajstić information content (AvgIpc) is 3.02. The normalized spacial score (nSPS) is 16.4. The van der Waals surface area contributed by atoms with Gasteiger partial charge >= 0.3 is 5.97 Å². The number of anilines is 1. The molecular weight excluding hydrogens is 336 g/mol. The minimum Gasteiger partial charge on any atom is -0.448 e. The number of fused-ring (bicyclic) bond motifs is 2. The maximum absolute atomic E-state index is 12.5. The van der Waals surface area contributed by atoms with E-state index in [0.29, 0.717) is 17.1 Å². The maximum atomic E-state index is 12.5. The van der Waals surface area contributed by atoms with Crippen molar-refractivity contribution in [3.05, 3.63) is 59.2 Å². The van der Waals surface area contributed by atoms with Crippen molar-refractivity contribution in [1.82, 2.24) is 4.98 Å². The highest BCUT2D eigenvalue weighted by Crippen LogP contribution is 2.28. The van der Waals surface area contributed by atoms with E-state index in [4.69, 9.17) is 4.74 Å². The van der Waals surface area contributed by atoms with Crippen LogP contribution >= 0.6 is 11.3 Å². The van der Waals surface area contributed by atoms with E-state index in [0.717, 1.165) is 22.2 Å². The minimum atomic E-state index is -0.833. The number of amides is 1. The molecular formula is C19H16N2O3S. The summed E-state index contributed by atoms with van der Waals surface area (Å²) in [5.41, 5.74) is 3.43. The number of aromatic nitrogens is 1. The number of esters is 1. The van der Waals surface area contributed by atoms with E-state index in [9.17, 15) is 9.59 Å². The quantitative estimate of drug-likeness (QED) is 0.732. The number of hydrogen-bond acceptors (Lipinski definition) is 5. The monoisotopic (exact) mass is 352 g/mol. The molecule has 1 amide bonds. The number of nitrogens with zero attached hydrogens (tertiary/aromatic N) is 1. The predicted octanol–water partition coefficient (Wildman–Crippen LogP) is 3.58. The molecule has 1 aliphatic heterocycles. The van der Waals surface area contributed by atoms with Gasteiger partial charge < -0.3 is 4.74 Å². The number of thiazole rings is 1. The summed E-state index contributed by atoms with van der Waals surface area (Å²) in [6.07, 6.45) is 0.492. The summed E-state index contributed by atoms with van der Waals surface area (Å²) in [4.78, 5) is 29.0. The lowest BCUT2D eigenvalue weighted by molar-refractivity contribution is -0.125. The predicted molar refractivity (Wildman–Crippen MR) is 97.0 cm³/mol. The lowest BCUT2D eigenvalue weighted by Crippen LogP contribution is -2.37. The van der Waals surface area contributed by atoms with Gasteiger partial charge in [-0.15, -0.1) is 0 Å². The van der Waals surface area contributed by atoms with Gasteiger partial charge in [-0.2, -0.15) is 0 Å². The molecule has 0 aliphatic carbocycles. The van der Waals surface area contributed by atoms with E-state index >= 15 is 0 Å². The van der Waals surface area contributed by atoms with Crippen LogP contribution in [-0.2, 0) is 22.4 Å². The van der Waals surface area contributed by atoms with Gasteiger partial charge in [-0.05, 0) is 35.7 Å². The second-order valence-electron chi connectivity index (χ2n) is 5.92. The van der Waals surface area contributed by atoms with Gasteiger partial charge in [0.05, 0.1) is 15.8 Å². The van der Waals surface area contributed by atoms with Crippen molar-refractivity contribution < 1.29 is 14.3 Å². The molecule has 0 bridgehead atoms. The van der Waals surface area contributed by atoms with Crippen LogP contribution in [0.5, 0.6) is 0 Å². The molecule has 0 fully saturated rings. The van der Waals surface area contributed by atoms with Gasteiger partial charge in [-0.1, -0.05) is 42.5 Å². The summed E-state index contributed by atoms with van der Waals surface area (Å²) in [7, 11) is 0. The number of carbonyl (C=O) groups is 2. The summed E-state index contributed by atoms with van der Waals surface area (Å²) in [5.74, 6) is -0.809. The minimum absolute atomic E-state index is 0.349. The number of benzene rings is 2. The highest BCUT2D eigenvalue weighted by Gasteiger charge is 2.31. The van der Waals surface area contributed by atoms with Gasteiger partial charge in [0, 0.05) is 6.42 Å². The van der Waals surface area contributed by atoms with Crippen molar-refractivity contribution in [3.8, 4) is 0 Å². The van der Waals surface area contributed by atoms with Crippen LogP contribution in [0.1, 0.15) is 28.4 Å². The van der Waals surface area contributed by atoms with Gasteiger partial charge in [-0.3, -0.25) is 10.1 Å². The smallest absolute Gasteiger partial charge is 0.339 e. The highest BCUT2D eigenvalue weighted by atomic mass is 32.1. The van der Waals surface area contributed by atoms with Crippen LogP contribution in [-0.4, -0.2) is 23.0 Å². The van der Waals surface area contributed by atoms with Crippen molar-refractivity contribution in [2.45, 2.75) is 25.9 Å². The molecule has 2 heterocycles. The summed E-state index contributed by atoms with van der Waals surface area (Å²) in [6.45, 7) is 2.10. The van der Waals surface area contributed by atoms with E-state index in [2.05, 4.69) is 23.3 Å². The Labute approximate surface area is 148 Å². The Hall–Kier alpha value is -2.73. The third-order valence-corrected chi connectivity index (χ3v) is 5.21. The SMILES string of the molecule is CCc1ccc2nc(NC(=O)[C@H]3Cc4ccccc4C(=O)O3)sc2c1. The molecule has 0 saturated carbocycles. The fourth-order valence-electron chi connectivity index (χ4n) is 2.91. The number of ether oxygens (including phenoxy) is 1. The fraction of sp³-hybridized carbons (Fsp3) is 0.211. The van der Waals surface area contributed by atoms with E-state index < -0.39 is 12.1 Å². The summed E-state index contributed by atoms with van der Waals surface area (Å²) < 4.78 is 6.31. The van der Waals surface area contributed by atoms with Crippen molar-refractivity contribution in [2.24, 2.45) is 0 Å². The second-order valence-corrected chi connectivity index (χ2v) is 6.95. The van der Waals surface area contributed by atoms with Gasteiger partial charge in [0.2, 0.25) is 0 Å². The summed E-state index contributed by atoms with van der Waals surface area (Å²) in [6, 6.07) is 13.3. The Morgan fingerprint density at radius 2 is 2.16 bits per heavy atom. The van der Waals surface area contributed by atoms with Crippen LogP contribution in [0.3, 0.4) is 0 Å². The molecule has 1 atom stereocenters. The number of cyclic esters (lactones) is 1. The molecule has 5 nitrogen and oxygen atoms in total. The van der Waals surface area contributed by atoms with Crippen LogP contribution < -0.4 is 5.32 Å². The maximum Gasteiger partial charge on any atom is 0.339 e. The molecule has 25 heavy (non-hydrogen) atoms. The van der Waals surface area contributed by atoms with Gasteiger partial charge in [0.25, 0.3) is 5.91 Å². The van der Waals surface area contributed by atoms with Crippen molar-refractivity contribution in [3.63, 3.8) is 0 Å². The standard InChI is InChI=1S/C19H16N2O3S/c1-2-11-7-8-14-16(9-11)25-19(20-14)21-17(22)15-10-12-5-3-4-6-13(12)18(23)24-15/h3-9,15H,2,10H2,1H3,(H,20,21,22)/t15-/m1/s1. The highest BCUT2D eigenvalue weighted by molar-refractivity contribution is 7.22. The molecule has 126 valence electrons. The number of aryl methyl sites for hydroxylation is 1. The van der Waals surface area contributed by atoms with Crippen LogP contribution in [0.25, 0.3) is 10.2 Å². The molecule has 1 aliphatic rings. The zero-order valence-corrected chi connectivity index (χ0v) is 14.4. The molecule has 1 N–H and O–H groups in total. The van der Waals surface area contributed by atoms with Crippen LogP contribution in [0, 0.1) is 0 Å².